The first-order valence-corrected chi connectivity index (χ1v) is 9.79. The summed E-state index contributed by atoms with van der Waals surface area (Å²) in [5.74, 6) is 1.65. The zero-order chi connectivity index (χ0) is 20.4. The molecule has 152 valence electrons. The number of ether oxygens (including phenoxy) is 2. The van der Waals surface area contributed by atoms with Crippen LogP contribution in [0.25, 0.3) is 0 Å². The summed E-state index contributed by atoms with van der Waals surface area (Å²) in [7, 11) is 3.16. The number of carbonyl (C=O) groups is 2. The number of anilines is 2. The van der Waals surface area contributed by atoms with Gasteiger partial charge in [0.15, 0.2) is 11.5 Å². The van der Waals surface area contributed by atoms with Crippen molar-refractivity contribution in [3.05, 3.63) is 47.5 Å². The predicted molar refractivity (Wildman–Crippen MR) is 111 cm³/mol. The highest BCUT2D eigenvalue weighted by molar-refractivity contribution is 5.99. The van der Waals surface area contributed by atoms with E-state index in [1.165, 1.54) is 0 Å². The van der Waals surface area contributed by atoms with Crippen LogP contribution in [0.3, 0.4) is 0 Å². The van der Waals surface area contributed by atoms with E-state index >= 15 is 0 Å². The van der Waals surface area contributed by atoms with Crippen LogP contribution in [-0.2, 0) is 17.8 Å². The van der Waals surface area contributed by atoms with E-state index < -0.39 is 0 Å². The van der Waals surface area contributed by atoms with E-state index in [4.69, 9.17) is 9.47 Å². The molecule has 0 aromatic heterocycles. The van der Waals surface area contributed by atoms with Gasteiger partial charge >= 0.3 is 6.03 Å². The number of carbonyl (C=O) groups excluding carboxylic acids is 2. The normalized spacial score (nSPS) is 14.9. The van der Waals surface area contributed by atoms with Crippen molar-refractivity contribution in [1.29, 1.82) is 0 Å². The molecule has 0 saturated heterocycles. The van der Waals surface area contributed by atoms with Crippen molar-refractivity contribution in [1.82, 2.24) is 5.32 Å². The molecule has 1 aliphatic carbocycles. The Kier molecular flexibility index (Phi) is 5.29. The fourth-order valence-corrected chi connectivity index (χ4v) is 3.58. The second-order valence-corrected chi connectivity index (χ2v) is 7.35. The number of methoxy groups -OCH3 is 2. The Morgan fingerprint density at radius 3 is 2.59 bits per heavy atom. The van der Waals surface area contributed by atoms with Crippen LogP contribution in [0.15, 0.2) is 36.4 Å². The fraction of sp³-hybridized carbons (Fsp3) is 0.364. The summed E-state index contributed by atoms with van der Waals surface area (Å²) in [5.41, 5.74) is 3.63. The van der Waals surface area contributed by atoms with Crippen LogP contribution in [0.4, 0.5) is 16.2 Å². The third kappa shape index (κ3) is 4.13. The Balaban J connectivity index is 1.38. The van der Waals surface area contributed by atoms with Crippen molar-refractivity contribution in [3.63, 3.8) is 0 Å². The third-order valence-electron chi connectivity index (χ3n) is 5.33. The van der Waals surface area contributed by atoms with Gasteiger partial charge in [0.1, 0.15) is 0 Å². The average Bonchev–Trinajstić information content (AvgIpc) is 3.51. The molecule has 7 heteroatoms. The lowest BCUT2D eigenvalue weighted by Gasteiger charge is -2.18. The van der Waals surface area contributed by atoms with Crippen molar-refractivity contribution in [2.75, 3.05) is 31.0 Å². The number of benzene rings is 2. The molecule has 2 aliphatic rings. The van der Waals surface area contributed by atoms with Crippen LogP contribution in [0.2, 0.25) is 0 Å². The molecule has 2 aromatic carbocycles. The van der Waals surface area contributed by atoms with Crippen LogP contribution in [0, 0.1) is 5.92 Å². The number of hydrogen-bond acceptors (Lipinski definition) is 4. The van der Waals surface area contributed by atoms with Crippen molar-refractivity contribution < 1.29 is 19.1 Å². The number of urea groups is 1. The Morgan fingerprint density at radius 1 is 1.07 bits per heavy atom. The highest BCUT2D eigenvalue weighted by atomic mass is 16.5. The molecule has 2 N–H and O–H groups in total. The summed E-state index contributed by atoms with van der Waals surface area (Å²) in [5, 5.41) is 5.69. The topological polar surface area (TPSA) is 79.9 Å². The Morgan fingerprint density at radius 2 is 1.86 bits per heavy atom. The zero-order valence-corrected chi connectivity index (χ0v) is 16.7. The smallest absolute Gasteiger partial charge is 0.319 e. The molecule has 0 atom stereocenters. The molecule has 7 nitrogen and oxygen atoms in total. The quantitative estimate of drug-likeness (QED) is 0.786. The van der Waals surface area contributed by atoms with Crippen molar-refractivity contribution in [2.45, 2.75) is 25.8 Å². The highest BCUT2D eigenvalue weighted by Gasteiger charge is 2.36. The molecule has 29 heavy (non-hydrogen) atoms. The van der Waals surface area contributed by atoms with Crippen molar-refractivity contribution in [3.8, 4) is 11.5 Å². The molecule has 1 aliphatic heterocycles. The minimum atomic E-state index is -0.308. The lowest BCUT2D eigenvalue weighted by atomic mass is 10.1. The van der Waals surface area contributed by atoms with Crippen LogP contribution < -0.4 is 25.0 Å². The second kappa shape index (κ2) is 8.03. The highest BCUT2D eigenvalue weighted by Crippen LogP contribution is 2.37. The van der Waals surface area contributed by atoms with Gasteiger partial charge in [0.25, 0.3) is 0 Å². The predicted octanol–water partition coefficient (Wildman–Crippen LogP) is 3.32. The van der Waals surface area contributed by atoms with Gasteiger partial charge in [-0.05, 0) is 54.7 Å². The molecule has 0 radical (unpaired) electrons. The van der Waals surface area contributed by atoms with E-state index in [1.807, 2.05) is 35.2 Å². The molecule has 1 saturated carbocycles. The summed E-state index contributed by atoms with van der Waals surface area (Å²) in [6, 6.07) is 10.9. The molecule has 1 fully saturated rings. The maximum absolute atomic E-state index is 12.5. The minimum Gasteiger partial charge on any atom is -0.493 e. The van der Waals surface area contributed by atoms with Crippen LogP contribution in [0.5, 0.6) is 11.5 Å². The SMILES string of the molecule is COc1ccc(CNC(=O)Nc2ccc3c(c2)N(C(=O)C2CC2)CC3)cc1OC. The van der Waals surface area contributed by atoms with E-state index in [0.29, 0.717) is 23.7 Å². The molecular formula is C22H25N3O4. The number of hydrogen-bond donors (Lipinski definition) is 2. The van der Waals surface area contributed by atoms with Gasteiger partial charge in [0.05, 0.1) is 14.2 Å². The van der Waals surface area contributed by atoms with Crippen LogP contribution in [0.1, 0.15) is 24.0 Å². The lowest BCUT2D eigenvalue weighted by Crippen LogP contribution is -2.30. The average molecular weight is 395 g/mol. The number of fused-ring (bicyclic) bond motifs is 1. The minimum absolute atomic E-state index is 0.183. The Bertz CT molecular complexity index is 940. The summed E-state index contributed by atoms with van der Waals surface area (Å²) in [6.45, 7) is 1.07. The largest absolute Gasteiger partial charge is 0.493 e. The second-order valence-electron chi connectivity index (χ2n) is 7.35. The number of nitrogens with zero attached hydrogens (tertiary/aromatic N) is 1. The van der Waals surface area contributed by atoms with E-state index in [0.717, 1.165) is 42.6 Å². The van der Waals surface area contributed by atoms with Crippen molar-refractivity contribution >= 4 is 23.3 Å². The summed E-state index contributed by atoms with van der Waals surface area (Å²) < 4.78 is 10.5. The molecular weight excluding hydrogens is 370 g/mol. The Labute approximate surface area is 170 Å². The van der Waals surface area contributed by atoms with E-state index in [9.17, 15) is 9.59 Å². The first-order valence-electron chi connectivity index (χ1n) is 9.79. The first kappa shape index (κ1) is 19.1. The lowest BCUT2D eigenvalue weighted by molar-refractivity contribution is -0.119. The van der Waals surface area contributed by atoms with E-state index in [1.54, 1.807) is 20.3 Å². The van der Waals surface area contributed by atoms with Gasteiger partial charge in [0.2, 0.25) is 5.91 Å². The first-order chi connectivity index (χ1) is 14.1. The summed E-state index contributed by atoms with van der Waals surface area (Å²) in [6.07, 6.45) is 2.84. The van der Waals surface area contributed by atoms with Crippen molar-refractivity contribution in [2.24, 2.45) is 5.92 Å². The Hall–Kier alpha value is -3.22. The van der Waals surface area contributed by atoms with E-state index in [2.05, 4.69) is 10.6 Å². The maximum Gasteiger partial charge on any atom is 0.319 e. The van der Waals surface area contributed by atoms with Gasteiger partial charge in [-0.1, -0.05) is 12.1 Å². The zero-order valence-electron chi connectivity index (χ0n) is 16.7. The van der Waals surface area contributed by atoms with E-state index in [-0.39, 0.29) is 17.9 Å². The molecule has 0 unspecified atom stereocenters. The molecule has 0 bridgehead atoms. The summed E-state index contributed by atoms with van der Waals surface area (Å²) >= 11 is 0. The van der Waals surface area contributed by atoms with Gasteiger partial charge in [-0.3, -0.25) is 4.79 Å². The third-order valence-corrected chi connectivity index (χ3v) is 5.33. The molecule has 0 spiro atoms. The number of rotatable bonds is 6. The number of amides is 3. The molecule has 2 aromatic rings. The molecule has 1 heterocycles. The molecule has 4 rings (SSSR count). The standard InChI is InChI=1S/C22H25N3O4/c1-28-19-8-3-14(11-20(19)29-2)13-23-22(27)24-17-7-6-15-9-10-25(18(15)12-17)21(26)16-4-5-16/h3,6-8,11-12,16H,4-5,9-10,13H2,1-2H3,(H2,23,24,27). The van der Waals surface area contributed by atoms with Gasteiger partial charge < -0.3 is 25.0 Å². The van der Waals surface area contributed by atoms with Crippen LogP contribution >= 0.6 is 0 Å². The van der Waals surface area contributed by atoms with Gasteiger partial charge in [-0.15, -0.1) is 0 Å². The number of nitrogens with one attached hydrogen (secondary N) is 2. The fourth-order valence-electron chi connectivity index (χ4n) is 3.58. The van der Waals surface area contributed by atoms with Gasteiger partial charge in [0, 0.05) is 30.4 Å². The monoisotopic (exact) mass is 395 g/mol. The van der Waals surface area contributed by atoms with Gasteiger partial charge in [-0.2, -0.15) is 0 Å². The maximum atomic E-state index is 12.5. The van der Waals surface area contributed by atoms with Gasteiger partial charge in [-0.25, -0.2) is 4.79 Å². The molecule has 3 amide bonds. The van der Waals surface area contributed by atoms with Crippen LogP contribution in [-0.4, -0.2) is 32.7 Å². The summed E-state index contributed by atoms with van der Waals surface area (Å²) in [4.78, 5) is 26.7.